The standard InChI is InChI=1S/C16H21NO2/c1-10-8-14-16-5-3-7-17(14)6-2-4-11(16)13(18)9-12(16)15(10)19/h4,8,10,12,15,19H,2-3,5-7,9H2,1H3/t10-,12+,15-,16+/m0/s1. The number of ketones is 1. The maximum Gasteiger partial charge on any atom is 0.159 e. The van der Waals surface area contributed by atoms with E-state index in [0.29, 0.717) is 6.42 Å². The van der Waals surface area contributed by atoms with Crippen LogP contribution in [0.25, 0.3) is 0 Å². The normalized spacial score (nSPS) is 44.4. The Bertz CT molecular complexity index is 507. The van der Waals surface area contributed by atoms with E-state index in [-0.39, 0.29) is 29.1 Å². The molecule has 1 spiro atoms. The van der Waals surface area contributed by atoms with Gasteiger partial charge in [-0.25, -0.2) is 0 Å². The van der Waals surface area contributed by atoms with Gasteiger partial charge in [0.1, 0.15) is 0 Å². The van der Waals surface area contributed by atoms with Gasteiger partial charge in [0.2, 0.25) is 0 Å². The van der Waals surface area contributed by atoms with Crippen molar-refractivity contribution in [2.45, 2.75) is 38.7 Å². The third-order valence-corrected chi connectivity index (χ3v) is 5.74. The minimum absolute atomic E-state index is 0.113. The number of nitrogens with zero attached hydrogens (tertiary/aromatic N) is 1. The zero-order chi connectivity index (χ0) is 13.2. The van der Waals surface area contributed by atoms with Crippen LogP contribution in [-0.4, -0.2) is 35.0 Å². The first-order valence-corrected chi connectivity index (χ1v) is 7.54. The highest BCUT2D eigenvalue weighted by atomic mass is 16.3. The summed E-state index contributed by atoms with van der Waals surface area (Å²) in [5.41, 5.74) is 2.24. The summed E-state index contributed by atoms with van der Waals surface area (Å²) in [4.78, 5) is 14.9. The van der Waals surface area contributed by atoms with Crippen LogP contribution in [0.2, 0.25) is 0 Å². The van der Waals surface area contributed by atoms with Gasteiger partial charge in [0.05, 0.1) is 6.10 Å². The Balaban J connectivity index is 1.97. The maximum atomic E-state index is 12.4. The van der Waals surface area contributed by atoms with Crippen LogP contribution < -0.4 is 0 Å². The number of rotatable bonds is 0. The van der Waals surface area contributed by atoms with E-state index in [1.165, 1.54) is 5.70 Å². The first kappa shape index (κ1) is 11.7. The van der Waals surface area contributed by atoms with Crippen molar-refractivity contribution in [3.05, 3.63) is 23.4 Å². The molecule has 2 aliphatic heterocycles. The van der Waals surface area contributed by atoms with E-state index >= 15 is 0 Å². The molecule has 2 aliphatic carbocycles. The molecule has 0 amide bonds. The van der Waals surface area contributed by atoms with E-state index in [9.17, 15) is 9.90 Å². The molecule has 0 unspecified atom stereocenters. The van der Waals surface area contributed by atoms with Crippen LogP contribution in [-0.2, 0) is 4.79 Å². The van der Waals surface area contributed by atoms with Gasteiger partial charge >= 0.3 is 0 Å². The highest BCUT2D eigenvalue weighted by Crippen LogP contribution is 2.61. The Hall–Kier alpha value is -1.09. The van der Waals surface area contributed by atoms with Crippen LogP contribution in [0.5, 0.6) is 0 Å². The van der Waals surface area contributed by atoms with Gasteiger partial charge in [-0.3, -0.25) is 4.79 Å². The predicted molar refractivity (Wildman–Crippen MR) is 72.3 cm³/mol. The quantitative estimate of drug-likeness (QED) is 0.722. The second kappa shape index (κ2) is 3.72. The van der Waals surface area contributed by atoms with Crippen molar-refractivity contribution >= 4 is 5.78 Å². The zero-order valence-electron chi connectivity index (χ0n) is 11.4. The van der Waals surface area contributed by atoms with Crippen LogP contribution in [0.3, 0.4) is 0 Å². The van der Waals surface area contributed by atoms with Crippen molar-refractivity contribution < 1.29 is 9.90 Å². The summed E-state index contributed by atoms with van der Waals surface area (Å²) in [5.74, 6) is 0.564. The molecule has 1 saturated carbocycles. The minimum Gasteiger partial charge on any atom is -0.392 e. The average Bonchev–Trinajstić information content (AvgIpc) is 2.62. The minimum atomic E-state index is -0.364. The number of piperidine rings is 1. The number of hydrogen-bond acceptors (Lipinski definition) is 3. The Morgan fingerprint density at radius 3 is 3.11 bits per heavy atom. The monoisotopic (exact) mass is 259 g/mol. The van der Waals surface area contributed by atoms with Crippen LogP contribution in [0.1, 0.15) is 32.6 Å². The Kier molecular flexibility index (Phi) is 2.29. The molecule has 0 aromatic carbocycles. The molecular weight excluding hydrogens is 238 g/mol. The summed E-state index contributed by atoms with van der Waals surface area (Å²) in [7, 11) is 0. The smallest absolute Gasteiger partial charge is 0.159 e. The highest BCUT2D eigenvalue weighted by Gasteiger charge is 2.60. The molecule has 0 aromatic rings. The van der Waals surface area contributed by atoms with E-state index in [2.05, 4.69) is 24.0 Å². The fourth-order valence-electron chi connectivity index (χ4n) is 4.93. The average molecular weight is 259 g/mol. The first-order chi connectivity index (χ1) is 9.14. The van der Waals surface area contributed by atoms with Gasteiger partial charge < -0.3 is 10.0 Å². The lowest BCUT2D eigenvalue weighted by atomic mass is 9.60. The maximum absolute atomic E-state index is 12.4. The molecule has 4 aliphatic rings. The Morgan fingerprint density at radius 2 is 2.26 bits per heavy atom. The van der Waals surface area contributed by atoms with Gasteiger partial charge in [0.25, 0.3) is 0 Å². The van der Waals surface area contributed by atoms with Crippen molar-refractivity contribution in [3.8, 4) is 0 Å². The zero-order valence-corrected chi connectivity index (χ0v) is 11.4. The van der Waals surface area contributed by atoms with Crippen molar-refractivity contribution in [2.75, 3.05) is 13.1 Å². The van der Waals surface area contributed by atoms with Gasteiger partial charge in [-0.1, -0.05) is 19.1 Å². The molecule has 19 heavy (non-hydrogen) atoms. The lowest BCUT2D eigenvalue weighted by Crippen LogP contribution is -2.50. The van der Waals surface area contributed by atoms with Crippen LogP contribution in [0.4, 0.5) is 0 Å². The summed E-state index contributed by atoms with van der Waals surface area (Å²) < 4.78 is 0. The van der Waals surface area contributed by atoms with Crippen LogP contribution in [0, 0.1) is 17.3 Å². The lowest BCUT2D eigenvalue weighted by Gasteiger charge is -2.51. The van der Waals surface area contributed by atoms with Gasteiger partial charge in [-0.05, 0) is 19.3 Å². The van der Waals surface area contributed by atoms with Gasteiger partial charge in [-0.2, -0.15) is 0 Å². The third-order valence-electron chi connectivity index (χ3n) is 5.74. The summed E-state index contributed by atoms with van der Waals surface area (Å²) in [6, 6.07) is 0. The third kappa shape index (κ3) is 1.29. The summed E-state index contributed by atoms with van der Waals surface area (Å²) in [6.07, 6.45) is 7.75. The van der Waals surface area contributed by atoms with Crippen LogP contribution in [0.15, 0.2) is 23.4 Å². The molecule has 3 heteroatoms. The molecule has 3 nitrogen and oxygen atoms in total. The van der Waals surface area contributed by atoms with Gasteiger partial charge in [-0.15, -0.1) is 0 Å². The lowest BCUT2D eigenvalue weighted by molar-refractivity contribution is -0.115. The molecule has 2 bridgehead atoms. The number of carbonyl (C=O) groups is 1. The molecule has 4 atom stereocenters. The first-order valence-electron chi connectivity index (χ1n) is 7.54. The molecule has 4 rings (SSSR count). The summed E-state index contributed by atoms with van der Waals surface area (Å²) >= 11 is 0. The fourth-order valence-corrected chi connectivity index (χ4v) is 4.93. The molecule has 0 radical (unpaired) electrons. The van der Waals surface area contributed by atoms with Crippen molar-refractivity contribution in [2.24, 2.45) is 17.3 Å². The van der Waals surface area contributed by atoms with Crippen molar-refractivity contribution in [3.63, 3.8) is 0 Å². The van der Waals surface area contributed by atoms with Crippen molar-refractivity contribution in [1.29, 1.82) is 0 Å². The molecule has 102 valence electrons. The molecule has 1 saturated heterocycles. The number of carbonyl (C=O) groups excluding carboxylic acids is 1. The van der Waals surface area contributed by atoms with Crippen LogP contribution >= 0.6 is 0 Å². The van der Waals surface area contributed by atoms with Gasteiger partial charge in [0.15, 0.2) is 5.78 Å². The largest absolute Gasteiger partial charge is 0.392 e. The number of allylic oxidation sites excluding steroid dienone is 1. The number of aliphatic hydroxyl groups excluding tert-OH is 1. The number of aliphatic hydroxyl groups is 1. The van der Waals surface area contributed by atoms with E-state index < -0.39 is 0 Å². The second-order valence-corrected chi connectivity index (χ2v) is 6.60. The van der Waals surface area contributed by atoms with Gasteiger partial charge in [0, 0.05) is 48.0 Å². The Labute approximate surface area is 114 Å². The highest BCUT2D eigenvalue weighted by molar-refractivity contribution is 6.00. The SMILES string of the molecule is C[C@H]1C=C2N3CCC=C4C(=O)C[C@H]([C@H]1O)[C@@]42CCC3. The summed E-state index contributed by atoms with van der Waals surface area (Å²) in [5, 5.41) is 10.6. The molecular formula is C16H21NO2. The fraction of sp³-hybridized carbons (Fsp3) is 0.688. The van der Waals surface area contributed by atoms with Crippen molar-refractivity contribution in [1.82, 2.24) is 4.90 Å². The second-order valence-electron chi connectivity index (χ2n) is 6.60. The van der Waals surface area contributed by atoms with E-state index in [0.717, 1.165) is 37.9 Å². The Morgan fingerprint density at radius 1 is 1.42 bits per heavy atom. The number of hydrogen-bond donors (Lipinski definition) is 1. The predicted octanol–water partition coefficient (Wildman–Crippen LogP) is 1.88. The topological polar surface area (TPSA) is 40.5 Å². The number of Topliss-reactive ketones (excluding diaryl/α,β-unsaturated/α-hetero) is 1. The molecule has 1 N–H and O–H groups in total. The summed E-state index contributed by atoms with van der Waals surface area (Å²) in [6.45, 7) is 4.22. The van der Waals surface area contributed by atoms with E-state index in [4.69, 9.17) is 0 Å². The molecule has 2 fully saturated rings. The van der Waals surface area contributed by atoms with E-state index in [1.807, 2.05) is 0 Å². The molecule has 0 aromatic heterocycles. The molecule has 2 heterocycles. The van der Waals surface area contributed by atoms with E-state index in [1.54, 1.807) is 0 Å².